The van der Waals surface area contributed by atoms with Crippen LogP contribution < -0.4 is 10.6 Å². The minimum atomic E-state index is -0.823. The van der Waals surface area contributed by atoms with E-state index in [1.807, 2.05) is 0 Å². The highest BCUT2D eigenvalue weighted by atomic mass is 16.2. The number of amides is 4. The van der Waals surface area contributed by atoms with Gasteiger partial charge in [-0.15, -0.1) is 0 Å². The Morgan fingerprint density at radius 1 is 1.14 bits per heavy atom. The summed E-state index contributed by atoms with van der Waals surface area (Å²) in [5, 5.41) is 4.66. The second-order valence-electron chi connectivity index (χ2n) is 4.73. The Morgan fingerprint density at radius 3 is 2.29 bits per heavy atom. The van der Waals surface area contributed by atoms with Crippen LogP contribution in [0.1, 0.15) is 17.3 Å². The van der Waals surface area contributed by atoms with E-state index in [9.17, 15) is 19.2 Å². The number of carbonyl (C=O) groups is 4. The van der Waals surface area contributed by atoms with E-state index in [1.165, 1.54) is 6.92 Å². The number of rotatable bonds is 3. The third-order valence-corrected chi connectivity index (χ3v) is 3.01. The van der Waals surface area contributed by atoms with E-state index >= 15 is 0 Å². The number of hydrogen-bond donors (Lipinski definition) is 2. The molecule has 1 atom stereocenters. The summed E-state index contributed by atoms with van der Waals surface area (Å²) < 4.78 is 0. The predicted octanol–water partition coefficient (Wildman–Crippen LogP) is -0.710. The number of hydrogen-bond acceptors (Lipinski definition) is 4. The van der Waals surface area contributed by atoms with E-state index in [0.717, 1.165) is 4.90 Å². The van der Waals surface area contributed by atoms with Gasteiger partial charge in [-0.1, -0.05) is 18.2 Å². The molecule has 1 aliphatic rings. The van der Waals surface area contributed by atoms with Crippen molar-refractivity contribution in [3.63, 3.8) is 0 Å². The third kappa shape index (κ3) is 3.65. The van der Waals surface area contributed by atoms with Crippen molar-refractivity contribution in [2.45, 2.75) is 13.0 Å². The van der Waals surface area contributed by atoms with Crippen LogP contribution in [-0.2, 0) is 14.4 Å². The van der Waals surface area contributed by atoms with Crippen LogP contribution in [0, 0.1) is 0 Å². The van der Waals surface area contributed by atoms with Gasteiger partial charge in [0.1, 0.15) is 19.1 Å². The average molecular weight is 289 g/mol. The Balaban J connectivity index is 1.98. The number of benzene rings is 1. The van der Waals surface area contributed by atoms with Crippen LogP contribution in [0.4, 0.5) is 0 Å². The molecule has 4 amide bonds. The first kappa shape index (κ1) is 14.7. The Morgan fingerprint density at radius 2 is 1.71 bits per heavy atom. The van der Waals surface area contributed by atoms with Gasteiger partial charge in [0.25, 0.3) is 5.91 Å². The second-order valence-corrected chi connectivity index (χ2v) is 4.73. The maximum Gasteiger partial charge on any atom is 0.251 e. The lowest BCUT2D eigenvalue weighted by Crippen LogP contribution is -2.57. The molecular formula is C14H15N3O4. The van der Waals surface area contributed by atoms with Crippen LogP contribution in [0.2, 0.25) is 0 Å². The van der Waals surface area contributed by atoms with Crippen LogP contribution in [0.3, 0.4) is 0 Å². The zero-order valence-corrected chi connectivity index (χ0v) is 11.5. The normalized spacial score (nSPS) is 16.1. The number of nitrogens with zero attached hydrogens (tertiary/aromatic N) is 1. The quantitative estimate of drug-likeness (QED) is 0.719. The molecule has 0 aliphatic carbocycles. The summed E-state index contributed by atoms with van der Waals surface area (Å²) in [4.78, 5) is 47.7. The van der Waals surface area contributed by atoms with Gasteiger partial charge in [0.05, 0.1) is 0 Å². The number of imide groups is 1. The van der Waals surface area contributed by atoms with Crippen molar-refractivity contribution >= 4 is 23.6 Å². The zero-order chi connectivity index (χ0) is 15.4. The summed E-state index contributed by atoms with van der Waals surface area (Å²) in [7, 11) is 0. The van der Waals surface area contributed by atoms with Crippen molar-refractivity contribution in [3.8, 4) is 0 Å². The summed E-state index contributed by atoms with van der Waals surface area (Å²) in [5.41, 5.74) is 0.435. The molecule has 1 heterocycles. The van der Waals surface area contributed by atoms with E-state index in [4.69, 9.17) is 0 Å². The Bertz CT molecular complexity index is 569. The highest BCUT2D eigenvalue weighted by molar-refractivity contribution is 6.04. The summed E-state index contributed by atoms with van der Waals surface area (Å²) >= 11 is 0. The summed E-state index contributed by atoms with van der Waals surface area (Å²) in [6.07, 6.45) is 0. The highest BCUT2D eigenvalue weighted by Crippen LogP contribution is 2.02. The van der Waals surface area contributed by atoms with Gasteiger partial charge in [-0.25, -0.2) is 0 Å². The van der Waals surface area contributed by atoms with Crippen molar-refractivity contribution in [1.29, 1.82) is 0 Å². The Labute approximate surface area is 121 Å². The topological polar surface area (TPSA) is 95.6 Å². The first-order chi connectivity index (χ1) is 9.97. The van der Waals surface area contributed by atoms with Crippen molar-refractivity contribution < 1.29 is 19.2 Å². The first-order valence-electron chi connectivity index (χ1n) is 6.45. The molecule has 1 saturated heterocycles. The fraction of sp³-hybridized carbons (Fsp3) is 0.286. The fourth-order valence-electron chi connectivity index (χ4n) is 2.00. The molecule has 1 unspecified atom stereocenters. The van der Waals surface area contributed by atoms with Crippen LogP contribution in [0.15, 0.2) is 30.3 Å². The van der Waals surface area contributed by atoms with Gasteiger partial charge < -0.3 is 10.2 Å². The summed E-state index contributed by atoms with van der Waals surface area (Å²) in [6.45, 7) is 1.15. The Hall–Kier alpha value is -2.70. The maximum atomic E-state index is 12.1. The molecule has 0 aromatic heterocycles. The lowest BCUT2D eigenvalue weighted by Gasteiger charge is -2.28. The molecule has 21 heavy (non-hydrogen) atoms. The minimum absolute atomic E-state index is 0.184. The van der Waals surface area contributed by atoms with Crippen LogP contribution in [0.5, 0.6) is 0 Å². The molecule has 7 heteroatoms. The molecule has 0 bridgehead atoms. The van der Waals surface area contributed by atoms with Gasteiger partial charge in [0.15, 0.2) is 0 Å². The van der Waals surface area contributed by atoms with Gasteiger partial charge in [0.2, 0.25) is 17.7 Å². The monoisotopic (exact) mass is 289 g/mol. The lowest BCUT2D eigenvalue weighted by molar-refractivity contribution is -0.146. The molecule has 1 fully saturated rings. The number of carbonyl (C=O) groups excluding carboxylic acids is 4. The van der Waals surface area contributed by atoms with Gasteiger partial charge in [-0.3, -0.25) is 24.5 Å². The molecule has 1 aliphatic heterocycles. The van der Waals surface area contributed by atoms with Crippen molar-refractivity contribution in [2.24, 2.45) is 0 Å². The van der Waals surface area contributed by atoms with Crippen molar-refractivity contribution in [3.05, 3.63) is 35.9 Å². The van der Waals surface area contributed by atoms with Crippen LogP contribution >= 0.6 is 0 Å². The van der Waals surface area contributed by atoms with Crippen LogP contribution in [-0.4, -0.2) is 47.7 Å². The Kier molecular flexibility index (Phi) is 4.32. The second kappa shape index (κ2) is 6.17. The largest absolute Gasteiger partial charge is 0.341 e. The van der Waals surface area contributed by atoms with Gasteiger partial charge >= 0.3 is 0 Å². The molecule has 1 aromatic rings. The number of piperazine rings is 1. The van der Waals surface area contributed by atoms with E-state index < -0.39 is 23.8 Å². The standard InChI is InChI=1S/C14H15N3O4/c1-9(15-13(20)10-5-3-2-4-6-10)14(21)17-7-11(18)16-12(19)8-17/h2-6,9H,7-8H2,1H3,(H,15,20)(H,16,18,19). The van der Waals surface area contributed by atoms with Crippen molar-refractivity contribution in [2.75, 3.05) is 13.1 Å². The minimum Gasteiger partial charge on any atom is -0.341 e. The molecule has 0 radical (unpaired) electrons. The predicted molar refractivity (Wildman–Crippen MR) is 73.1 cm³/mol. The maximum absolute atomic E-state index is 12.1. The molecule has 1 aromatic carbocycles. The van der Waals surface area contributed by atoms with Gasteiger partial charge in [-0.05, 0) is 19.1 Å². The highest BCUT2D eigenvalue weighted by Gasteiger charge is 2.29. The molecule has 7 nitrogen and oxygen atoms in total. The summed E-state index contributed by atoms with van der Waals surface area (Å²) in [5.74, 6) is -1.91. The molecule has 0 spiro atoms. The fourth-order valence-corrected chi connectivity index (χ4v) is 2.00. The molecule has 2 N–H and O–H groups in total. The molecule has 110 valence electrons. The van der Waals surface area contributed by atoms with E-state index in [-0.39, 0.29) is 19.0 Å². The SMILES string of the molecule is CC(NC(=O)c1ccccc1)C(=O)N1CC(=O)NC(=O)C1. The van der Waals surface area contributed by atoms with E-state index in [1.54, 1.807) is 30.3 Å². The summed E-state index contributed by atoms with van der Waals surface area (Å²) in [6, 6.07) is 7.65. The molecule has 0 saturated carbocycles. The molecule has 2 rings (SSSR count). The first-order valence-corrected chi connectivity index (χ1v) is 6.45. The van der Waals surface area contributed by atoms with Gasteiger partial charge in [-0.2, -0.15) is 0 Å². The van der Waals surface area contributed by atoms with Crippen LogP contribution in [0.25, 0.3) is 0 Å². The lowest BCUT2D eigenvalue weighted by atomic mass is 10.2. The zero-order valence-electron chi connectivity index (χ0n) is 11.5. The molecular weight excluding hydrogens is 274 g/mol. The third-order valence-electron chi connectivity index (χ3n) is 3.01. The number of nitrogens with one attached hydrogen (secondary N) is 2. The van der Waals surface area contributed by atoms with E-state index in [0.29, 0.717) is 5.56 Å². The smallest absolute Gasteiger partial charge is 0.251 e. The van der Waals surface area contributed by atoms with Gasteiger partial charge in [0, 0.05) is 5.56 Å². The van der Waals surface area contributed by atoms with Crippen molar-refractivity contribution in [1.82, 2.24) is 15.5 Å². The average Bonchev–Trinajstić information content (AvgIpc) is 2.46. The van der Waals surface area contributed by atoms with E-state index in [2.05, 4.69) is 10.6 Å².